The van der Waals surface area contributed by atoms with E-state index in [4.69, 9.17) is 16.7 Å². The van der Waals surface area contributed by atoms with Crippen LogP contribution in [0, 0.1) is 0 Å². The third kappa shape index (κ3) is 1.91. The highest BCUT2D eigenvalue weighted by Gasteiger charge is 2.68. The van der Waals surface area contributed by atoms with Gasteiger partial charge in [0.2, 0.25) is 0 Å². The van der Waals surface area contributed by atoms with E-state index in [1.54, 1.807) is 0 Å². The molecule has 0 radical (unpaired) electrons. The normalized spacial score (nSPS) is 38.8. The van der Waals surface area contributed by atoms with Crippen molar-refractivity contribution in [2.45, 2.75) is 36.4 Å². The lowest BCUT2D eigenvalue weighted by Gasteiger charge is -2.70. The molecule has 0 heterocycles. The zero-order valence-electron chi connectivity index (χ0n) is 8.29. The summed E-state index contributed by atoms with van der Waals surface area (Å²) >= 11 is 5.47. The van der Waals surface area contributed by atoms with Crippen LogP contribution in [0.1, 0.15) is 19.3 Å². The van der Waals surface area contributed by atoms with Gasteiger partial charge >= 0.3 is 6.09 Å². The van der Waals surface area contributed by atoms with Gasteiger partial charge in [-0.3, -0.25) is 0 Å². The topological polar surface area (TPSA) is 81.6 Å². The molecule has 1 amide bonds. The third-order valence-electron chi connectivity index (χ3n) is 3.29. The van der Waals surface area contributed by atoms with Gasteiger partial charge in [-0.25, -0.2) is 4.79 Å². The number of halogens is 1. The van der Waals surface area contributed by atoms with Gasteiger partial charge in [0.1, 0.15) is 0 Å². The monoisotopic (exact) mass is 234 g/mol. The van der Waals surface area contributed by atoms with Crippen molar-refractivity contribution in [3.63, 3.8) is 0 Å². The van der Waals surface area contributed by atoms with Crippen LogP contribution >= 0.6 is 11.6 Å². The van der Waals surface area contributed by atoms with E-state index < -0.39 is 12.2 Å². The van der Waals surface area contributed by atoms with Gasteiger partial charge in [-0.15, -0.1) is 11.6 Å². The Morgan fingerprint density at radius 3 is 2.47 bits per heavy atom. The highest BCUT2D eigenvalue weighted by atomic mass is 35.5. The Kier molecular flexibility index (Phi) is 2.56. The summed E-state index contributed by atoms with van der Waals surface area (Å²) in [6.45, 7) is 0.479. The number of carbonyl (C=O) groups is 1. The first-order valence-electron chi connectivity index (χ1n) is 4.99. The van der Waals surface area contributed by atoms with E-state index in [0.29, 0.717) is 6.54 Å². The molecule has 0 spiro atoms. The van der Waals surface area contributed by atoms with E-state index in [1.165, 1.54) is 0 Å². The van der Waals surface area contributed by atoms with Gasteiger partial charge in [-0.2, -0.15) is 0 Å². The molecule has 4 N–H and O–H groups in total. The minimum absolute atomic E-state index is 0.0511. The molecule has 1 atom stereocenters. The van der Waals surface area contributed by atoms with Crippen LogP contribution in [0.4, 0.5) is 4.79 Å². The number of hydrogen-bond donors (Lipinski definition) is 4. The highest BCUT2D eigenvalue weighted by molar-refractivity contribution is 6.18. The summed E-state index contributed by atoms with van der Waals surface area (Å²) in [7, 11) is 0. The first kappa shape index (κ1) is 11.0. The number of alkyl halides is 1. The summed E-state index contributed by atoms with van der Waals surface area (Å²) in [6, 6.07) is 0. The fourth-order valence-electron chi connectivity index (χ4n) is 2.72. The van der Waals surface area contributed by atoms with Gasteiger partial charge in [0.15, 0.2) is 0 Å². The molecular weight excluding hydrogens is 220 g/mol. The molecule has 3 saturated carbocycles. The molecular formula is C9H15ClN2O3. The molecule has 2 bridgehead atoms. The first-order chi connectivity index (χ1) is 6.99. The van der Waals surface area contributed by atoms with Crippen LogP contribution in [0.2, 0.25) is 0 Å². The first-order valence-corrected chi connectivity index (χ1v) is 5.53. The molecule has 3 rings (SSSR count). The Bertz CT molecular complexity index is 265. The van der Waals surface area contributed by atoms with E-state index >= 15 is 0 Å². The van der Waals surface area contributed by atoms with E-state index in [-0.39, 0.29) is 17.0 Å². The van der Waals surface area contributed by atoms with Crippen molar-refractivity contribution in [2.75, 3.05) is 12.4 Å². The second-order valence-electron chi connectivity index (χ2n) is 4.71. The quantitative estimate of drug-likeness (QED) is 0.510. The van der Waals surface area contributed by atoms with Gasteiger partial charge in [-0.05, 0) is 19.3 Å². The van der Waals surface area contributed by atoms with Gasteiger partial charge in [-0.1, -0.05) is 0 Å². The summed E-state index contributed by atoms with van der Waals surface area (Å²) in [5, 5.41) is 23.6. The molecule has 0 aromatic heterocycles. The fraction of sp³-hybridized carbons (Fsp3) is 0.889. The van der Waals surface area contributed by atoms with E-state index in [9.17, 15) is 9.90 Å². The standard InChI is InChI=1S/C9H15ClN2O3/c10-1-6(13)2-11-8-3-9(4-8,5-8)12-7(14)15/h6,11-13H,1-5H2,(H,14,15). The number of nitrogens with one attached hydrogen (secondary N) is 2. The van der Waals surface area contributed by atoms with Crippen LogP contribution in [0.5, 0.6) is 0 Å². The van der Waals surface area contributed by atoms with Crippen molar-refractivity contribution in [1.29, 1.82) is 0 Å². The number of β-amino-alcohol motifs (C(OH)–C–C–N with tert-alkyl or cyclic N) is 1. The number of carboxylic acid groups (broad SMARTS) is 1. The molecule has 15 heavy (non-hydrogen) atoms. The zero-order valence-corrected chi connectivity index (χ0v) is 9.05. The minimum atomic E-state index is -0.955. The van der Waals surface area contributed by atoms with Crippen LogP contribution in [0.25, 0.3) is 0 Å². The maximum absolute atomic E-state index is 10.5. The van der Waals surface area contributed by atoms with Crippen molar-refractivity contribution in [3.05, 3.63) is 0 Å². The SMILES string of the molecule is O=C(O)NC12CC(NCC(O)CCl)(C1)C2. The number of aliphatic hydroxyl groups excluding tert-OH is 1. The molecule has 6 heteroatoms. The number of amides is 1. The molecule has 0 saturated heterocycles. The molecule has 86 valence electrons. The molecule has 0 aromatic rings. The van der Waals surface area contributed by atoms with Gasteiger partial charge in [0.25, 0.3) is 0 Å². The van der Waals surface area contributed by atoms with E-state index in [2.05, 4.69) is 10.6 Å². The number of aliphatic hydroxyl groups is 1. The fourth-order valence-corrected chi connectivity index (χ4v) is 2.83. The summed E-state index contributed by atoms with van der Waals surface area (Å²) in [6.07, 6.45) is 0.984. The molecule has 1 unspecified atom stereocenters. The zero-order chi connectivity index (χ0) is 11.1. The van der Waals surface area contributed by atoms with Crippen molar-refractivity contribution in [2.24, 2.45) is 0 Å². The van der Waals surface area contributed by atoms with Crippen molar-refractivity contribution in [3.8, 4) is 0 Å². The molecule has 3 aliphatic rings. The smallest absolute Gasteiger partial charge is 0.405 e. The van der Waals surface area contributed by atoms with Crippen LogP contribution in [0.3, 0.4) is 0 Å². The minimum Gasteiger partial charge on any atom is -0.465 e. The summed E-state index contributed by atoms with van der Waals surface area (Å²) in [5.41, 5.74) is -0.139. The Labute approximate surface area is 92.8 Å². The maximum atomic E-state index is 10.5. The van der Waals surface area contributed by atoms with Crippen molar-refractivity contribution in [1.82, 2.24) is 10.6 Å². The van der Waals surface area contributed by atoms with Crippen molar-refractivity contribution < 1.29 is 15.0 Å². The predicted molar refractivity (Wildman–Crippen MR) is 55.2 cm³/mol. The van der Waals surface area contributed by atoms with Crippen LogP contribution in [0.15, 0.2) is 0 Å². The Morgan fingerprint density at radius 2 is 2.00 bits per heavy atom. The third-order valence-corrected chi connectivity index (χ3v) is 3.65. The average molecular weight is 235 g/mol. The summed E-state index contributed by atoms with van der Waals surface area (Å²) in [4.78, 5) is 10.5. The Hall–Kier alpha value is -0.520. The Balaban J connectivity index is 1.71. The van der Waals surface area contributed by atoms with E-state index in [1.807, 2.05) is 0 Å². The van der Waals surface area contributed by atoms with Crippen LogP contribution < -0.4 is 10.6 Å². The molecule has 3 aliphatic carbocycles. The maximum Gasteiger partial charge on any atom is 0.405 e. The number of rotatable bonds is 5. The van der Waals surface area contributed by atoms with Crippen LogP contribution in [-0.4, -0.2) is 45.9 Å². The number of hydrogen-bond acceptors (Lipinski definition) is 3. The second-order valence-corrected chi connectivity index (χ2v) is 5.02. The molecule has 0 aliphatic heterocycles. The predicted octanol–water partition coefficient (Wildman–Crippen LogP) is 0.118. The lowest BCUT2D eigenvalue weighted by Crippen LogP contribution is -2.83. The molecule has 5 nitrogen and oxygen atoms in total. The summed E-state index contributed by atoms with van der Waals surface area (Å²) < 4.78 is 0. The lowest BCUT2D eigenvalue weighted by atomic mass is 9.44. The highest BCUT2D eigenvalue weighted by Crippen LogP contribution is 2.60. The molecule has 3 fully saturated rings. The van der Waals surface area contributed by atoms with Gasteiger partial charge in [0.05, 0.1) is 6.10 Å². The lowest BCUT2D eigenvalue weighted by molar-refractivity contribution is -0.102. The van der Waals surface area contributed by atoms with Gasteiger partial charge < -0.3 is 20.8 Å². The average Bonchev–Trinajstić information content (AvgIpc) is 2.05. The second kappa shape index (κ2) is 3.50. The van der Waals surface area contributed by atoms with Crippen LogP contribution in [-0.2, 0) is 0 Å². The Morgan fingerprint density at radius 1 is 1.40 bits per heavy atom. The van der Waals surface area contributed by atoms with Gasteiger partial charge in [0, 0.05) is 23.5 Å². The molecule has 0 aromatic carbocycles. The van der Waals surface area contributed by atoms with E-state index in [0.717, 1.165) is 19.3 Å². The van der Waals surface area contributed by atoms with Crippen molar-refractivity contribution >= 4 is 17.7 Å². The summed E-state index contributed by atoms with van der Waals surface area (Å²) in [5.74, 6) is 0.224. The largest absolute Gasteiger partial charge is 0.465 e.